The Morgan fingerprint density at radius 3 is 2.63 bits per heavy atom. The van der Waals surface area contributed by atoms with Crippen LogP contribution < -0.4 is 14.4 Å². The predicted molar refractivity (Wildman–Crippen MR) is 117 cm³/mol. The third-order valence-corrected chi connectivity index (χ3v) is 6.62. The quantitative estimate of drug-likeness (QED) is 0.736. The van der Waals surface area contributed by atoms with Gasteiger partial charge in [-0.2, -0.15) is 5.26 Å². The van der Waals surface area contributed by atoms with Crippen molar-refractivity contribution in [2.75, 3.05) is 31.7 Å². The number of thioether (sulfide) groups is 1. The first-order chi connectivity index (χ1) is 14.5. The molecule has 154 valence electrons. The minimum absolute atomic E-state index is 0.0219. The molecule has 0 aliphatic carbocycles. The minimum Gasteiger partial charge on any atom is -0.493 e. The van der Waals surface area contributed by atoms with Crippen LogP contribution in [0.4, 0.5) is 5.69 Å². The number of fused-ring (bicyclic) bond motifs is 1. The Bertz CT molecular complexity index is 1060. The van der Waals surface area contributed by atoms with Gasteiger partial charge in [-0.05, 0) is 42.3 Å². The van der Waals surface area contributed by atoms with Gasteiger partial charge in [0, 0.05) is 18.0 Å². The second kappa shape index (κ2) is 8.33. The van der Waals surface area contributed by atoms with E-state index < -0.39 is 0 Å². The molecule has 0 radical (unpaired) electrons. The normalized spacial score (nSPS) is 18.7. The van der Waals surface area contributed by atoms with Crippen LogP contribution in [0.3, 0.4) is 0 Å². The van der Waals surface area contributed by atoms with Crippen LogP contribution in [0.15, 0.2) is 53.1 Å². The van der Waals surface area contributed by atoms with E-state index in [2.05, 4.69) is 30.0 Å². The number of allylic oxidation sites excluding steroid dienone is 1. The maximum Gasteiger partial charge on any atom is 0.229 e. The first kappa shape index (κ1) is 20.2. The summed E-state index contributed by atoms with van der Waals surface area (Å²) >= 11 is 1.54. The zero-order valence-electron chi connectivity index (χ0n) is 17.2. The number of anilines is 1. The summed E-state index contributed by atoms with van der Waals surface area (Å²) in [5, 5.41) is 10.7. The van der Waals surface area contributed by atoms with E-state index in [4.69, 9.17) is 9.47 Å². The third kappa shape index (κ3) is 3.59. The lowest BCUT2D eigenvalue weighted by Gasteiger charge is -2.42. The highest BCUT2D eigenvalue weighted by atomic mass is 32.2. The first-order valence-electron chi connectivity index (χ1n) is 9.66. The van der Waals surface area contributed by atoms with Gasteiger partial charge in [-0.25, -0.2) is 0 Å². The predicted octanol–water partition coefficient (Wildman–Crippen LogP) is 4.23. The Hall–Kier alpha value is -3.11. The van der Waals surface area contributed by atoms with Crippen molar-refractivity contribution in [3.8, 4) is 17.6 Å². The van der Waals surface area contributed by atoms with E-state index in [9.17, 15) is 10.1 Å². The molecule has 0 spiro atoms. The van der Waals surface area contributed by atoms with Gasteiger partial charge in [0.1, 0.15) is 0 Å². The Labute approximate surface area is 180 Å². The average Bonchev–Trinajstić information content (AvgIpc) is 2.78. The van der Waals surface area contributed by atoms with Gasteiger partial charge in [0.15, 0.2) is 11.5 Å². The number of benzene rings is 2. The largest absolute Gasteiger partial charge is 0.493 e. The Morgan fingerprint density at radius 2 is 1.93 bits per heavy atom. The fraction of sp³-hybridized carbons (Fsp3) is 0.304. The summed E-state index contributed by atoms with van der Waals surface area (Å²) in [6.45, 7) is 2.51. The molecule has 1 saturated heterocycles. The molecule has 4 rings (SSSR count). The van der Waals surface area contributed by atoms with Crippen LogP contribution in [0.25, 0.3) is 0 Å². The lowest BCUT2D eigenvalue weighted by atomic mass is 9.86. The van der Waals surface area contributed by atoms with E-state index in [1.165, 1.54) is 5.56 Å². The van der Waals surface area contributed by atoms with E-state index in [1.54, 1.807) is 30.9 Å². The molecule has 2 aromatic carbocycles. The van der Waals surface area contributed by atoms with Crippen molar-refractivity contribution in [2.24, 2.45) is 0 Å². The average molecular weight is 422 g/mol. The van der Waals surface area contributed by atoms with Crippen LogP contribution in [0.2, 0.25) is 0 Å². The van der Waals surface area contributed by atoms with E-state index in [0.717, 1.165) is 16.3 Å². The number of rotatable bonds is 4. The Balaban J connectivity index is 1.67. The van der Waals surface area contributed by atoms with Gasteiger partial charge in [0.05, 0.1) is 43.4 Å². The van der Waals surface area contributed by atoms with E-state index >= 15 is 0 Å². The number of ether oxygens (including phenoxy) is 2. The van der Waals surface area contributed by atoms with Gasteiger partial charge < -0.3 is 14.4 Å². The van der Waals surface area contributed by atoms with Gasteiger partial charge in [0.25, 0.3) is 0 Å². The fourth-order valence-electron chi connectivity index (χ4n) is 3.90. The number of aryl methyl sites for hydroxylation is 1. The van der Waals surface area contributed by atoms with E-state index in [0.29, 0.717) is 29.6 Å². The van der Waals surface area contributed by atoms with Gasteiger partial charge in [0.2, 0.25) is 5.91 Å². The third-order valence-electron chi connectivity index (χ3n) is 5.47. The number of carbonyl (C=O) groups is 1. The molecule has 2 aliphatic heterocycles. The zero-order valence-corrected chi connectivity index (χ0v) is 18.0. The topological polar surface area (TPSA) is 65.8 Å². The van der Waals surface area contributed by atoms with Crippen LogP contribution in [-0.4, -0.2) is 37.6 Å². The van der Waals surface area contributed by atoms with Crippen LogP contribution in [0.1, 0.15) is 23.5 Å². The number of carbonyl (C=O) groups excluding carboxylic acids is 1. The van der Waals surface area contributed by atoms with Crippen molar-refractivity contribution >= 4 is 23.4 Å². The SMILES string of the molecule is COc1ccc(C2CC(=O)N3CN(c4cccc(C)c4)CSC3=C2C#N)cc1OC. The molecule has 1 unspecified atom stereocenters. The molecule has 1 amide bonds. The lowest BCUT2D eigenvalue weighted by molar-refractivity contribution is -0.129. The van der Waals surface area contributed by atoms with Crippen LogP contribution in [0, 0.1) is 18.3 Å². The van der Waals surface area contributed by atoms with Gasteiger partial charge >= 0.3 is 0 Å². The first-order valence-corrected chi connectivity index (χ1v) is 10.6. The minimum atomic E-state index is -0.286. The van der Waals surface area contributed by atoms with Crippen LogP contribution in [0.5, 0.6) is 11.5 Å². The van der Waals surface area contributed by atoms with Crippen molar-refractivity contribution in [2.45, 2.75) is 19.3 Å². The smallest absolute Gasteiger partial charge is 0.229 e. The van der Waals surface area contributed by atoms with E-state index in [1.807, 2.05) is 30.3 Å². The second-order valence-electron chi connectivity index (χ2n) is 7.32. The monoisotopic (exact) mass is 421 g/mol. The lowest BCUT2D eigenvalue weighted by Crippen LogP contribution is -2.47. The summed E-state index contributed by atoms with van der Waals surface area (Å²) in [5.41, 5.74) is 3.77. The Kier molecular flexibility index (Phi) is 5.60. The second-order valence-corrected chi connectivity index (χ2v) is 8.25. The molecule has 0 saturated carbocycles. The summed E-state index contributed by atoms with van der Waals surface area (Å²) in [7, 11) is 3.16. The molecule has 1 atom stereocenters. The highest BCUT2D eigenvalue weighted by molar-refractivity contribution is 8.03. The molecule has 2 heterocycles. The van der Waals surface area contributed by atoms with Crippen molar-refractivity contribution in [1.82, 2.24) is 4.90 Å². The van der Waals surface area contributed by atoms with Crippen molar-refractivity contribution in [1.29, 1.82) is 5.26 Å². The van der Waals surface area contributed by atoms with Crippen molar-refractivity contribution < 1.29 is 14.3 Å². The molecule has 2 aliphatic rings. The standard InChI is InChI=1S/C23H23N3O3S/c1-15-5-4-6-17(9-15)25-13-26-22(27)11-18(19(12-24)23(26)30-14-25)16-7-8-20(28-2)21(10-16)29-3/h4-10,18H,11,13-14H2,1-3H3. The molecule has 6 nitrogen and oxygen atoms in total. The molecule has 0 aromatic heterocycles. The molecular weight excluding hydrogens is 398 g/mol. The maximum atomic E-state index is 13.1. The number of nitriles is 1. The molecule has 1 fully saturated rings. The van der Waals surface area contributed by atoms with Gasteiger partial charge in [-0.15, -0.1) is 0 Å². The number of methoxy groups -OCH3 is 2. The van der Waals surface area contributed by atoms with Crippen LogP contribution >= 0.6 is 11.8 Å². The number of hydrogen-bond acceptors (Lipinski definition) is 6. The molecule has 30 heavy (non-hydrogen) atoms. The Morgan fingerprint density at radius 1 is 1.13 bits per heavy atom. The zero-order chi connectivity index (χ0) is 21.3. The highest BCUT2D eigenvalue weighted by Gasteiger charge is 2.38. The summed E-state index contributed by atoms with van der Waals surface area (Å²) in [4.78, 5) is 17.0. The molecule has 0 bridgehead atoms. The van der Waals surface area contributed by atoms with Crippen LogP contribution in [-0.2, 0) is 4.79 Å². The number of nitrogens with zero attached hydrogens (tertiary/aromatic N) is 3. The molecule has 2 aromatic rings. The molecule has 7 heteroatoms. The number of amides is 1. The van der Waals surface area contributed by atoms with Crippen molar-refractivity contribution in [3.05, 3.63) is 64.2 Å². The fourth-order valence-corrected chi connectivity index (χ4v) is 5.07. The maximum absolute atomic E-state index is 13.1. The summed E-state index contributed by atoms with van der Waals surface area (Å²) < 4.78 is 10.7. The summed E-state index contributed by atoms with van der Waals surface area (Å²) in [5.74, 6) is 1.64. The van der Waals surface area contributed by atoms with Crippen molar-refractivity contribution in [3.63, 3.8) is 0 Å². The van der Waals surface area contributed by atoms with Gasteiger partial charge in [-0.3, -0.25) is 9.69 Å². The molecular formula is C23H23N3O3S. The highest BCUT2D eigenvalue weighted by Crippen LogP contribution is 2.44. The van der Waals surface area contributed by atoms with E-state index in [-0.39, 0.29) is 18.2 Å². The van der Waals surface area contributed by atoms with Gasteiger partial charge in [-0.1, -0.05) is 30.0 Å². The summed E-state index contributed by atoms with van der Waals surface area (Å²) in [6.07, 6.45) is 0.254. The molecule has 0 N–H and O–H groups in total. The number of hydrogen-bond donors (Lipinski definition) is 0. The summed E-state index contributed by atoms with van der Waals surface area (Å²) in [6, 6.07) is 16.2.